The van der Waals surface area contributed by atoms with Crippen LogP contribution in [0.4, 0.5) is 0 Å². The molecular weight excluding hydrogens is 218 g/mol. The van der Waals surface area contributed by atoms with Crippen molar-refractivity contribution in [1.29, 1.82) is 0 Å². The van der Waals surface area contributed by atoms with Crippen molar-refractivity contribution in [2.75, 3.05) is 26.3 Å². The summed E-state index contributed by atoms with van der Waals surface area (Å²) in [7, 11) is 0. The molecule has 0 amide bonds. The predicted molar refractivity (Wildman–Crippen MR) is 66.2 cm³/mol. The van der Waals surface area contributed by atoms with Gasteiger partial charge in [-0.05, 0) is 38.8 Å². The van der Waals surface area contributed by atoms with Gasteiger partial charge in [0.05, 0.1) is 6.61 Å². The minimum absolute atomic E-state index is 0.138. The molecule has 2 saturated heterocycles. The largest absolute Gasteiger partial charge is 0.409 e. The van der Waals surface area contributed by atoms with Gasteiger partial charge in [-0.3, -0.25) is 4.90 Å². The number of likely N-dealkylation sites (tertiary alicyclic amines) is 1. The van der Waals surface area contributed by atoms with E-state index < -0.39 is 0 Å². The van der Waals surface area contributed by atoms with Crippen molar-refractivity contribution in [3.8, 4) is 0 Å². The van der Waals surface area contributed by atoms with Gasteiger partial charge in [-0.25, -0.2) is 0 Å². The molecule has 0 spiro atoms. The molecule has 0 aromatic heterocycles. The second kappa shape index (κ2) is 5.23. The third-order valence-corrected chi connectivity index (χ3v) is 4.28. The van der Waals surface area contributed by atoms with Gasteiger partial charge in [0.1, 0.15) is 5.84 Å². The average molecular weight is 241 g/mol. The fraction of sp³-hybridized carbons (Fsp3) is 0.917. The van der Waals surface area contributed by atoms with E-state index >= 15 is 0 Å². The summed E-state index contributed by atoms with van der Waals surface area (Å²) in [6.07, 6.45) is 4.32. The molecule has 98 valence electrons. The van der Waals surface area contributed by atoms with Gasteiger partial charge in [0, 0.05) is 18.1 Å². The standard InChI is InChI=1S/C12H23N3O2/c1-12(11(13)14-16)4-6-15(7-5-12)10-3-2-8-17-9-10/h10,16H,2-9H2,1H3,(H2,13,14). The number of amidine groups is 1. The number of hydrogen-bond donors (Lipinski definition) is 2. The molecule has 2 fully saturated rings. The monoisotopic (exact) mass is 241 g/mol. The lowest BCUT2D eigenvalue weighted by atomic mass is 9.79. The predicted octanol–water partition coefficient (Wildman–Crippen LogP) is 1.01. The summed E-state index contributed by atoms with van der Waals surface area (Å²) in [5.74, 6) is 0.372. The number of hydrogen-bond acceptors (Lipinski definition) is 4. The normalized spacial score (nSPS) is 31.4. The first-order valence-electron chi connectivity index (χ1n) is 6.45. The van der Waals surface area contributed by atoms with Crippen LogP contribution in [0.1, 0.15) is 32.6 Å². The Morgan fingerprint density at radius 2 is 2.18 bits per heavy atom. The lowest BCUT2D eigenvalue weighted by molar-refractivity contribution is 0.00120. The van der Waals surface area contributed by atoms with Crippen molar-refractivity contribution in [3.63, 3.8) is 0 Å². The highest BCUT2D eigenvalue weighted by molar-refractivity contribution is 5.85. The molecule has 0 radical (unpaired) electrons. The van der Waals surface area contributed by atoms with Gasteiger partial charge in [-0.2, -0.15) is 0 Å². The molecule has 0 saturated carbocycles. The van der Waals surface area contributed by atoms with E-state index in [4.69, 9.17) is 15.7 Å². The highest BCUT2D eigenvalue weighted by Gasteiger charge is 2.36. The molecule has 17 heavy (non-hydrogen) atoms. The van der Waals surface area contributed by atoms with Crippen LogP contribution in [0.2, 0.25) is 0 Å². The molecule has 0 aromatic carbocycles. The van der Waals surface area contributed by atoms with Crippen LogP contribution in [-0.2, 0) is 4.74 Å². The number of nitrogens with zero attached hydrogens (tertiary/aromatic N) is 2. The zero-order valence-electron chi connectivity index (χ0n) is 10.6. The van der Waals surface area contributed by atoms with Crippen LogP contribution in [-0.4, -0.2) is 48.3 Å². The zero-order chi connectivity index (χ0) is 12.3. The summed E-state index contributed by atoms with van der Waals surface area (Å²) >= 11 is 0. The molecule has 2 aliphatic rings. The van der Waals surface area contributed by atoms with Gasteiger partial charge in [0.15, 0.2) is 0 Å². The molecule has 0 aliphatic carbocycles. The van der Waals surface area contributed by atoms with Crippen molar-refractivity contribution in [3.05, 3.63) is 0 Å². The van der Waals surface area contributed by atoms with Crippen molar-refractivity contribution in [1.82, 2.24) is 4.90 Å². The van der Waals surface area contributed by atoms with E-state index in [9.17, 15) is 0 Å². The van der Waals surface area contributed by atoms with Gasteiger partial charge in [-0.15, -0.1) is 0 Å². The van der Waals surface area contributed by atoms with Gasteiger partial charge < -0.3 is 15.7 Å². The van der Waals surface area contributed by atoms with E-state index in [2.05, 4.69) is 17.0 Å². The zero-order valence-corrected chi connectivity index (χ0v) is 10.6. The van der Waals surface area contributed by atoms with Crippen molar-refractivity contribution >= 4 is 5.84 Å². The van der Waals surface area contributed by atoms with Gasteiger partial charge >= 0.3 is 0 Å². The number of piperidine rings is 1. The molecule has 2 aliphatic heterocycles. The third-order valence-electron chi connectivity index (χ3n) is 4.28. The number of oxime groups is 1. The molecule has 2 heterocycles. The molecule has 3 N–H and O–H groups in total. The highest BCUT2D eigenvalue weighted by atomic mass is 16.5. The second-order valence-corrected chi connectivity index (χ2v) is 5.45. The van der Waals surface area contributed by atoms with Crippen LogP contribution >= 0.6 is 0 Å². The minimum Gasteiger partial charge on any atom is -0.409 e. The van der Waals surface area contributed by atoms with Crippen LogP contribution in [0, 0.1) is 5.41 Å². The van der Waals surface area contributed by atoms with E-state index in [1.165, 1.54) is 12.8 Å². The Morgan fingerprint density at radius 1 is 1.47 bits per heavy atom. The Bertz CT molecular complexity index is 279. The van der Waals surface area contributed by atoms with E-state index in [1.807, 2.05) is 0 Å². The van der Waals surface area contributed by atoms with Gasteiger partial charge in [0.25, 0.3) is 0 Å². The van der Waals surface area contributed by atoms with Gasteiger partial charge in [0.2, 0.25) is 0 Å². The first-order valence-corrected chi connectivity index (χ1v) is 6.45. The third kappa shape index (κ3) is 2.72. The summed E-state index contributed by atoms with van der Waals surface area (Å²) < 4.78 is 5.53. The first-order chi connectivity index (χ1) is 8.15. The molecule has 1 atom stereocenters. The maximum absolute atomic E-state index is 8.80. The Labute approximate surface area is 103 Å². The summed E-state index contributed by atoms with van der Waals surface area (Å²) in [4.78, 5) is 2.49. The summed E-state index contributed by atoms with van der Waals surface area (Å²) in [5, 5.41) is 12.0. The summed E-state index contributed by atoms with van der Waals surface area (Å²) in [6, 6.07) is 0.570. The van der Waals surface area contributed by atoms with E-state index in [-0.39, 0.29) is 5.41 Å². The molecule has 0 bridgehead atoms. The minimum atomic E-state index is -0.138. The fourth-order valence-electron chi connectivity index (χ4n) is 2.77. The maximum Gasteiger partial charge on any atom is 0.145 e. The Hall–Kier alpha value is -0.810. The molecule has 5 nitrogen and oxygen atoms in total. The van der Waals surface area contributed by atoms with Crippen LogP contribution in [0.3, 0.4) is 0 Å². The van der Waals surface area contributed by atoms with Crippen molar-refractivity contribution in [2.45, 2.75) is 38.6 Å². The summed E-state index contributed by atoms with van der Waals surface area (Å²) in [6.45, 7) is 5.88. The van der Waals surface area contributed by atoms with E-state index in [1.54, 1.807) is 0 Å². The Kier molecular flexibility index (Phi) is 3.89. The first kappa shape index (κ1) is 12.6. The maximum atomic E-state index is 8.80. The second-order valence-electron chi connectivity index (χ2n) is 5.45. The Morgan fingerprint density at radius 3 is 2.71 bits per heavy atom. The molecule has 5 heteroatoms. The quantitative estimate of drug-likeness (QED) is 0.328. The number of nitrogens with two attached hydrogens (primary N) is 1. The molecule has 0 aromatic rings. The Balaban J connectivity index is 1.89. The topological polar surface area (TPSA) is 71.1 Å². The van der Waals surface area contributed by atoms with Crippen molar-refractivity contribution < 1.29 is 9.94 Å². The van der Waals surface area contributed by atoms with Gasteiger partial charge in [-0.1, -0.05) is 12.1 Å². The van der Waals surface area contributed by atoms with Crippen LogP contribution < -0.4 is 5.73 Å². The SMILES string of the molecule is CC1(C(N)=NO)CCN(C2CCCOC2)CC1. The molecule has 2 rings (SSSR count). The average Bonchev–Trinajstić information content (AvgIpc) is 2.39. The lowest BCUT2D eigenvalue weighted by Gasteiger charge is -2.42. The van der Waals surface area contributed by atoms with Crippen LogP contribution in [0.25, 0.3) is 0 Å². The number of rotatable bonds is 2. The molecular formula is C12H23N3O2. The number of ether oxygens (including phenoxy) is 1. The van der Waals surface area contributed by atoms with E-state index in [0.29, 0.717) is 11.9 Å². The van der Waals surface area contributed by atoms with Crippen LogP contribution in [0.15, 0.2) is 5.16 Å². The summed E-state index contributed by atoms with van der Waals surface area (Å²) in [5.41, 5.74) is 5.62. The van der Waals surface area contributed by atoms with E-state index in [0.717, 1.165) is 39.1 Å². The van der Waals surface area contributed by atoms with Crippen molar-refractivity contribution in [2.24, 2.45) is 16.3 Å². The fourth-order valence-corrected chi connectivity index (χ4v) is 2.77. The highest BCUT2D eigenvalue weighted by Crippen LogP contribution is 2.32. The van der Waals surface area contributed by atoms with Crippen LogP contribution in [0.5, 0.6) is 0 Å². The smallest absolute Gasteiger partial charge is 0.145 e. The lowest BCUT2D eigenvalue weighted by Crippen LogP contribution is -2.50. The molecule has 1 unspecified atom stereocenters.